The number of nitrogens with zero attached hydrogens (tertiary/aromatic N) is 3. The van der Waals surface area contributed by atoms with Gasteiger partial charge in [0.25, 0.3) is 0 Å². The second-order valence-corrected chi connectivity index (χ2v) is 5.61. The first-order valence-electron chi connectivity index (χ1n) is 7.77. The smallest absolute Gasteiger partial charge is 0.165 e. The molecule has 0 bridgehead atoms. The molecule has 4 nitrogen and oxygen atoms in total. The van der Waals surface area contributed by atoms with Crippen LogP contribution < -0.4 is 4.90 Å². The summed E-state index contributed by atoms with van der Waals surface area (Å²) in [5.74, 6) is -0.279. The fraction of sp³-hybridized carbons (Fsp3) is 0.222. The monoisotopic (exact) mass is 327 g/mol. The van der Waals surface area contributed by atoms with Gasteiger partial charge in [-0.3, -0.25) is 0 Å². The van der Waals surface area contributed by atoms with Gasteiger partial charge in [-0.1, -0.05) is 12.1 Å². The van der Waals surface area contributed by atoms with E-state index in [0.29, 0.717) is 26.3 Å². The molecule has 0 saturated carbocycles. The first-order chi connectivity index (χ1) is 11.7. The van der Waals surface area contributed by atoms with Crippen LogP contribution in [0.4, 0.5) is 14.6 Å². The van der Waals surface area contributed by atoms with Gasteiger partial charge in [0.2, 0.25) is 0 Å². The van der Waals surface area contributed by atoms with E-state index >= 15 is 0 Å². The lowest BCUT2D eigenvalue weighted by atomic mass is 10.1. The minimum atomic E-state index is -0.668. The molecule has 24 heavy (non-hydrogen) atoms. The normalized spacial score (nSPS) is 15.0. The molecule has 3 aromatic rings. The van der Waals surface area contributed by atoms with E-state index in [1.54, 1.807) is 0 Å². The van der Waals surface area contributed by atoms with Gasteiger partial charge in [0.15, 0.2) is 5.82 Å². The predicted molar refractivity (Wildman–Crippen MR) is 87.9 cm³/mol. The first-order valence-corrected chi connectivity index (χ1v) is 7.77. The summed E-state index contributed by atoms with van der Waals surface area (Å²) in [5, 5.41) is 0.908. The van der Waals surface area contributed by atoms with Crippen molar-refractivity contribution in [2.24, 2.45) is 0 Å². The third-order valence-electron chi connectivity index (χ3n) is 4.07. The largest absolute Gasteiger partial charge is 0.378 e. The zero-order chi connectivity index (χ0) is 16.5. The predicted octanol–water partition coefficient (Wildman–Crippen LogP) is 3.41. The van der Waals surface area contributed by atoms with Gasteiger partial charge in [0.05, 0.1) is 24.3 Å². The average Bonchev–Trinajstić information content (AvgIpc) is 2.61. The molecule has 122 valence electrons. The molecule has 0 amide bonds. The summed E-state index contributed by atoms with van der Waals surface area (Å²) in [4.78, 5) is 11.2. The van der Waals surface area contributed by atoms with E-state index in [1.165, 1.54) is 12.1 Å². The number of hydrogen-bond donors (Lipinski definition) is 0. The molecule has 1 aliphatic heterocycles. The van der Waals surface area contributed by atoms with Crippen LogP contribution in [-0.2, 0) is 4.74 Å². The van der Waals surface area contributed by atoms with Crippen LogP contribution >= 0.6 is 0 Å². The molecular formula is C18H15F2N3O. The van der Waals surface area contributed by atoms with Crippen LogP contribution in [0.5, 0.6) is 0 Å². The van der Waals surface area contributed by atoms with Crippen molar-refractivity contribution in [3.8, 4) is 11.4 Å². The van der Waals surface area contributed by atoms with Crippen LogP contribution in [0, 0.1) is 11.6 Å². The zero-order valence-corrected chi connectivity index (χ0v) is 12.9. The highest BCUT2D eigenvalue weighted by Crippen LogP contribution is 2.29. The summed E-state index contributed by atoms with van der Waals surface area (Å²) in [7, 11) is 0. The topological polar surface area (TPSA) is 38.2 Å². The van der Waals surface area contributed by atoms with E-state index < -0.39 is 11.6 Å². The Morgan fingerprint density at radius 3 is 2.54 bits per heavy atom. The SMILES string of the molecule is Fc1ccc(-c2nc(N3CCOCC3)c3ccccc3n2)c(F)c1. The minimum absolute atomic E-state index is 0.191. The molecule has 0 spiro atoms. The first kappa shape index (κ1) is 15.0. The van der Waals surface area contributed by atoms with Crippen molar-refractivity contribution in [2.45, 2.75) is 0 Å². The number of rotatable bonds is 2. The lowest BCUT2D eigenvalue weighted by Gasteiger charge is -2.29. The number of benzene rings is 2. The van der Waals surface area contributed by atoms with Gasteiger partial charge in [-0.2, -0.15) is 0 Å². The van der Waals surface area contributed by atoms with Crippen LogP contribution in [0.1, 0.15) is 0 Å². The second-order valence-electron chi connectivity index (χ2n) is 5.61. The quantitative estimate of drug-likeness (QED) is 0.723. The lowest BCUT2D eigenvalue weighted by Crippen LogP contribution is -2.37. The van der Waals surface area contributed by atoms with E-state index in [0.717, 1.165) is 22.8 Å². The summed E-state index contributed by atoms with van der Waals surface area (Å²) >= 11 is 0. The van der Waals surface area contributed by atoms with Gasteiger partial charge in [-0.15, -0.1) is 0 Å². The van der Waals surface area contributed by atoms with E-state index in [9.17, 15) is 8.78 Å². The number of hydrogen-bond acceptors (Lipinski definition) is 4. The molecule has 0 atom stereocenters. The van der Waals surface area contributed by atoms with Crippen molar-refractivity contribution in [1.82, 2.24) is 9.97 Å². The number of para-hydroxylation sites is 1. The Morgan fingerprint density at radius 2 is 1.75 bits per heavy atom. The molecule has 1 fully saturated rings. The number of ether oxygens (including phenoxy) is 1. The van der Waals surface area contributed by atoms with Crippen molar-refractivity contribution in [1.29, 1.82) is 0 Å². The van der Waals surface area contributed by atoms with Gasteiger partial charge in [0, 0.05) is 24.5 Å². The van der Waals surface area contributed by atoms with Crippen molar-refractivity contribution >= 4 is 16.7 Å². The Bertz CT molecular complexity index is 895. The molecule has 2 aromatic carbocycles. The third-order valence-corrected chi connectivity index (χ3v) is 4.07. The Kier molecular flexibility index (Phi) is 3.82. The van der Waals surface area contributed by atoms with Gasteiger partial charge >= 0.3 is 0 Å². The Labute approximate surface area is 137 Å². The van der Waals surface area contributed by atoms with E-state index in [-0.39, 0.29) is 11.4 Å². The Morgan fingerprint density at radius 1 is 0.958 bits per heavy atom. The van der Waals surface area contributed by atoms with Crippen molar-refractivity contribution in [3.05, 3.63) is 54.1 Å². The van der Waals surface area contributed by atoms with Crippen LogP contribution in [0.25, 0.3) is 22.3 Å². The van der Waals surface area contributed by atoms with Crippen molar-refractivity contribution in [2.75, 3.05) is 31.2 Å². The maximum absolute atomic E-state index is 14.2. The molecular weight excluding hydrogens is 312 g/mol. The molecule has 1 aromatic heterocycles. The number of anilines is 1. The zero-order valence-electron chi connectivity index (χ0n) is 12.9. The van der Waals surface area contributed by atoms with Gasteiger partial charge in [-0.25, -0.2) is 18.7 Å². The molecule has 6 heteroatoms. The molecule has 0 radical (unpaired) electrons. The van der Waals surface area contributed by atoms with Gasteiger partial charge < -0.3 is 9.64 Å². The van der Waals surface area contributed by atoms with Crippen molar-refractivity contribution < 1.29 is 13.5 Å². The fourth-order valence-corrected chi connectivity index (χ4v) is 2.87. The van der Waals surface area contributed by atoms with E-state index in [1.807, 2.05) is 24.3 Å². The van der Waals surface area contributed by atoms with Crippen molar-refractivity contribution in [3.63, 3.8) is 0 Å². The Hall–Kier alpha value is -2.60. The van der Waals surface area contributed by atoms with Crippen LogP contribution in [-0.4, -0.2) is 36.3 Å². The number of morpholine rings is 1. The molecule has 4 rings (SSSR count). The minimum Gasteiger partial charge on any atom is -0.378 e. The van der Waals surface area contributed by atoms with E-state index in [2.05, 4.69) is 14.9 Å². The van der Waals surface area contributed by atoms with Gasteiger partial charge in [0.1, 0.15) is 17.5 Å². The van der Waals surface area contributed by atoms with E-state index in [4.69, 9.17) is 4.74 Å². The van der Waals surface area contributed by atoms with Gasteiger partial charge in [-0.05, 0) is 24.3 Å². The Balaban J connectivity index is 1.90. The molecule has 1 saturated heterocycles. The highest BCUT2D eigenvalue weighted by Gasteiger charge is 2.19. The molecule has 0 aliphatic carbocycles. The number of halogens is 2. The third kappa shape index (κ3) is 2.69. The molecule has 2 heterocycles. The molecule has 1 aliphatic rings. The molecule has 0 N–H and O–H groups in total. The van der Waals surface area contributed by atoms with Crippen LogP contribution in [0.3, 0.4) is 0 Å². The maximum Gasteiger partial charge on any atom is 0.165 e. The standard InChI is InChI=1S/C18H15F2N3O/c19-12-5-6-13(15(20)11-12)17-21-16-4-2-1-3-14(16)18(22-17)23-7-9-24-10-8-23/h1-6,11H,7-10H2. The highest BCUT2D eigenvalue weighted by molar-refractivity contribution is 5.91. The number of fused-ring (bicyclic) bond motifs is 1. The summed E-state index contributed by atoms with van der Waals surface area (Å²) in [6, 6.07) is 11.1. The fourth-order valence-electron chi connectivity index (χ4n) is 2.87. The summed E-state index contributed by atoms with van der Waals surface area (Å²) in [6.07, 6.45) is 0. The summed E-state index contributed by atoms with van der Waals surface area (Å²) < 4.78 is 32.7. The maximum atomic E-state index is 14.2. The summed E-state index contributed by atoms with van der Waals surface area (Å²) in [5.41, 5.74) is 0.921. The summed E-state index contributed by atoms with van der Waals surface area (Å²) in [6.45, 7) is 2.68. The highest BCUT2D eigenvalue weighted by atomic mass is 19.1. The number of aromatic nitrogens is 2. The van der Waals surface area contributed by atoms with Crippen LogP contribution in [0.2, 0.25) is 0 Å². The lowest BCUT2D eigenvalue weighted by molar-refractivity contribution is 0.122. The average molecular weight is 327 g/mol. The molecule has 0 unspecified atom stereocenters. The van der Waals surface area contributed by atoms with Crippen LogP contribution in [0.15, 0.2) is 42.5 Å². The second kappa shape index (κ2) is 6.13.